The minimum Gasteiger partial charge on any atom is -0.372 e. The van der Waals surface area contributed by atoms with Gasteiger partial charge in [0, 0.05) is 25.0 Å². The number of carbonyl (C=O) groups excluding carboxylic acids is 1. The van der Waals surface area contributed by atoms with E-state index < -0.39 is 0 Å². The lowest BCUT2D eigenvalue weighted by Gasteiger charge is -2.36. The number of pyridine rings is 2. The first-order valence-electron chi connectivity index (χ1n) is 10.0. The number of rotatable bonds is 5. The van der Waals surface area contributed by atoms with E-state index in [9.17, 15) is 4.79 Å². The number of amides is 1. The average molecular weight is 403 g/mol. The molecule has 1 fully saturated rings. The van der Waals surface area contributed by atoms with Crippen LogP contribution in [0.3, 0.4) is 0 Å². The molecule has 0 bridgehead atoms. The summed E-state index contributed by atoms with van der Waals surface area (Å²) in [6.07, 6.45) is 3.55. The minimum atomic E-state index is -0.219. The average Bonchev–Trinajstić information content (AvgIpc) is 2.75. The number of ether oxygens (including phenoxy) is 1. The molecule has 1 amide bonds. The summed E-state index contributed by atoms with van der Waals surface area (Å²) in [6.45, 7) is 5.69. The normalized spacial score (nSPS) is 18.7. The van der Waals surface area contributed by atoms with Crippen LogP contribution in [0.25, 0.3) is 0 Å². The van der Waals surface area contributed by atoms with Gasteiger partial charge in [-0.2, -0.15) is 0 Å². The smallest absolute Gasteiger partial charge is 0.257 e. The van der Waals surface area contributed by atoms with Crippen LogP contribution in [0.4, 0.5) is 23.0 Å². The lowest BCUT2D eigenvalue weighted by molar-refractivity contribution is -0.00546. The molecule has 2 aromatic heterocycles. The second-order valence-electron chi connectivity index (χ2n) is 7.44. The Bertz CT molecular complexity index is 967. The Morgan fingerprint density at radius 2 is 1.70 bits per heavy atom. The van der Waals surface area contributed by atoms with Crippen LogP contribution in [-0.2, 0) is 4.74 Å². The Labute approximate surface area is 176 Å². The highest BCUT2D eigenvalue weighted by atomic mass is 16.5. The molecule has 0 aliphatic carbocycles. The van der Waals surface area contributed by atoms with Crippen LogP contribution in [0.2, 0.25) is 0 Å². The van der Waals surface area contributed by atoms with Crippen LogP contribution in [0.15, 0.2) is 67.0 Å². The second-order valence-corrected chi connectivity index (χ2v) is 7.44. The third kappa shape index (κ3) is 4.93. The molecule has 0 radical (unpaired) electrons. The number of carbonyl (C=O) groups is 1. The van der Waals surface area contributed by atoms with Crippen LogP contribution in [0.1, 0.15) is 24.2 Å². The van der Waals surface area contributed by atoms with E-state index in [0.717, 1.165) is 24.6 Å². The lowest BCUT2D eigenvalue weighted by Crippen LogP contribution is -2.45. The van der Waals surface area contributed by atoms with Crippen molar-refractivity contribution in [2.45, 2.75) is 26.1 Å². The highest BCUT2D eigenvalue weighted by molar-refractivity contribution is 6.04. The molecule has 0 unspecified atom stereocenters. The molecule has 154 valence electrons. The number of benzene rings is 1. The number of anilines is 4. The quantitative estimate of drug-likeness (QED) is 0.668. The van der Waals surface area contributed by atoms with Crippen LogP contribution < -0.4 is 15.5 Å². The van der Waals surface area contributed by atoms with Crippen LogP contribution in [-0.4, -0.2) is 41.2 Å². The molecule has 30 heavy (non-hydrogen) atoms. The van der Waals surface area contributed by atoms with Crippen molar-refractivity contribution in [3.8, 4) is 0 Å². The molecule has 3 heterocycles. The van der Waals surface area contributed by atoms with E-state index in [0.29, 0.717) is 17.1 Å². The maximum Gasteiger partial charge on any atom is 0.257 e. The molecule has 0 saturated carbocycles. The zero-order valence-corrected chi connectivity index (χ0v) is 17.1. The maximum absolute atomic E-state index is 12.6. The second kappa shape index (κ2) is 8.92. The predicted octanol–water partition coefficient (Wildman–Crippen LogP) is 4.09. The van der Waals surface area contributed by atoms with Crippen molar-refractivity contribution in [2.75, 3.05) is 28.6 Å². The van der Waals surface area contributed by atoms with Gasteiger partial charge in [0.15, 0.2) is 0 Å². The van der Waals surface area contributed by atoms with Crippen molar-refractivity contribution in [3.63, 3.8) is 0 Å². The SMILES string of the molecule is C[C@H]1CN(c2ccc(C(=O)Nc3ccc(Nc4ccccc4)nc3)cn2)C[C@H](C)O1. The molecule has 7 heteroatoms. The van der Waals surface area contributed by atoms with Crippen LogP contribution >= 0.6 is 0 Å². The first kappa shape index (κ1) is 19.8. The zero-order chi connectivity index (χ0) is 20.9. The third-order valence-corrected chi connectivity index (χ3v) is 4.82. The van der Waals surface area contributed by atoms with Gasteiger partial charge in [-0.1, -0.05) is 18.2 Å². The molecule has 4 rings (SSSR count). The van der Waals surface area contributed by atoms with Gasteiger partial charge in [0.1, 0.15) is 11.6 Å². The third-order valence-electron chi connectivity index (χ3n) is 4.82. The summed E-state index contributed by atoms with van der Waals surface area (Å²) in [4.78, 5) is 23.6. The molecule has 7 nitrogen and oxygen atoms in total. The van der Waals surface area contributed by atoms with E-state index in [2.05, 4.69) is 39.3 Å². The summed E-state index contributed by atoms with van der Waals surface area (Å²) in [6, 6.07) is 17.1. The fourth-order valence-corrected chi connectivity index (χ4v) is 3.49. The van der Waals surface area contributed by atoms with Gasteiger partial charge in [-0.15, -0.1) is 0 Å². The monoisotopic (exact) mass is 403 g/mol. The molecule has 3 aromatic rings. The van der Waals surface area contributed by atoms with E-state index in [1.165, 1.54) is 0 Å². The first-order chi connectivity index (χ1) is 14.6. The molecule has 1 saturated heterocycles. The molecular weight excluding hydrogens is 378 g/mol. The summed E-state index contributed by atoms with van der Waals surface area (Å²) in [5.41, 5.74) is 2.08. The summed E-state index contributed by atoms with van der Waals surface area (Å²) in [7, 11) is 0. The summed E-state index contributed by atoms with van der Waals surface area (Å²) in [5.74, 6) is 1.34. The van der Waals surface area contributed by atoms with Gasteiger partial charge in [-0.05, 0) is 50.2 Å². The molecule has 1 aliphatic heterocycles. The van der Waals surface area contributed by atoms with Gasteiger partial charge in [0.2, 0.25) is 0 Å². The van der Waals surface area contributed by atoms with Gasteiger partial charge in [-0.25, -0.2) is 9.97 Å². The van der Waals surface area contributed by atoms with Crippen molar-refractivity contribution in [2.24, 2.45) is 0 Å². The Kier molecular flexibility index (Phi) is 5.90. The number of hydrogen-bond acceptors (Lipinski definition) is 6. The Morgan fingerprint density at radius 3 is 2.33 bits per heavy atom. The fraction of sp³-hybridized carbons (Fsp3) is 0.261. The predicted molar refractivity (Wildman–Crippen MR) is 118 cm³/mol. The molecule has 2 N–H and O–H groups in total. The number of nitrogens with one attached hydrogen (secondary N) is 2. The zero-order valence-electron chi connectivity index (χ0n) is 17.1. The number of para-hydroxylation sites is 1. The van der Waals surface area contributed by atoms with Gasteiger partial charge < -0.3 is 20.3 Å². The first-order valence-corrected chi connectivity index (χ1v) is 10.0. The van der Waals surface area contributed by atoms with Crippen molar-refractivity contribution < 1.29 is 9.53 Å². The molecule has 0 spiro atoms. The number of aromatic nitrogens is 2. The maximum atomic E-state index is 12.6. The van der Waals surface area contributed by atoms with Crippen LogP contribution in [0, 0.1) is 0 Å². The van der Waals surface area contributed by atoms with Gasteiger partial charge in [-0.3, -0.25) is 4.79 Å². The van der Waals surface area contributed by atoms with Gasteiger partial charge in [0.05, 0.1) is 29.7 Å². The highest BCUT2D eigenvalue weighted by Gasteiger charge is 2.23. The van der Waals surface area contributed by atoms with Crippen molar-refractivity contribution in [3.05, 3.63) is 72.6 Å². The number of nitrogens with zero attached hydrogens (tertiary/aromatic N) is 3. The van der Waals surface area contributed by atoms with E-state index in [-0.39, 0.29) is 18.1 Å². The van der Waals surface area contributed by atoms with E-state index in [1.54, 1.807) is 18.5 Å². The Morgan fingerprint density at radius 1 is 0.933 bits per heavy atom. The van der Waals surface area contributed by atoms with Crippen molar-refractivity contribution in [1.82, 2.24) is 9.97 Å². The largest absolute Gasteiger partial charge is 0.372 e. The lowest BCUT2D eigenvalue weighted by atomic mass is 10.2. The number of hydrogen-bond donors (Lipinski definition) is 2. The molecule has 1 aliphatic rings. The topological polar surface area (TPSA) is 79.4 Å². The standard InChI is InChI=1S/C23H25N5O2/c1-16-14-28(15-17(2)30-16)22-11-8-18(12-25-22)23(29)27-20-9-10-21(24-13-20)26-19-6-4-3-5-7-19/h3-13,16-17H,14-15H2,1-2H3,(H,24,26)(H,27,29)/t16-,17-/m0/s1. The molecule has 2 atom stereocenters. The van der Waals surface area contributed by atoms with Crippen molar-refractivity contribution in [1.29, 1.82) is 0 Å². The fourth-order valence-electron chi connectivity index (χ4n) is 3.49. The molecule has 1 aromatic carbocycles. The van der Waals surface area contributed by atoms with Gasteiger partial charge in [0.25, 0.3) is 5.91 Å². The number of morpholine rings is 1. The summed E-state index contributed by atoms with van der Waals surface area (Å²) >= 11 is 0. The Balaban J connectivity index is 1.36. The molecular formula is C23H25N5O2. The van der Waals surface area contributed by atoms with E-state index in [4.69, 9.17) is 4.74 Å². The van der Waals surface area contributed by atoms with E-state index in [1.807, 2.05) is 48.5 Å². The highest BCUT2D eigenvalue weighted by Crippen LogP contribution is 2.19. The Hall–Kier alpha value is -3.45. The summed E-state index contributed by atoms with van der Waals surface area (Å²) in [5, 5.41) is 6.07. The van der Waals surface area contributed by atoms with Crippen molar-refractivity contribution >= 4 is 28.9 Å². The minimum absolute atomic E-state index is 0.158. The van der Waals surface area contributed by atoms with E-state index >= 15 is 0 Å². The van der Waals surface area contributed by atoms with Gasteiger partial charge >= 0.3 is 0 Å². The summed E-state index contributed by atoms with van der Waals surface area (Å²) < 4.78 is 5.76. The van der Waals surface area contributed by atoms with Crippen LogP contribution in [0.5, 0.6) is 0 Å².